The van der Waals surface area contributed by atoms with Crippen molar-refractivity contribution in [2.24, 2.45) is 0 Å². The number of nitrogens with one attached hydrogen (secondary N) is 1. The fourth-order valence-electron chi connectivity index (χ4n) is 3.48. The summed E-state index contributed by atoms with van der Waals surface area (Å²) in [5, 5.41) is 11.5. The van der Waals surface area contributed by atoms with Crippen LogP contribution < -0.4 is 8.43 Å². The topological polar surface area (TPSA) is 73.2 Å². The van der Waals surface area contributed by atoms with Crippen molar-refractivity contribution in [3.8, 4) is 6.07 Å². The zero-order valence-electron chi connectivity index (χ0n) is 19.7. The number of anilines is 2. The Kier molecular flexibility index (Phi) is 9.22. The highest BCUT2D eigenvalue weighted by atomic mass is 127. The van der Waals surface area contributed by atoms with Crippen LogP contribution in [0.3, 0.4) is 0 Å². The molecular weight excluding hydrogens is 799 g/mol. The fourth-order valence-corrected chi connectivity index (χ4v) is 5.40. The van der Waals surface area contributed by atoms with Gasteiger partial charge in [0.25, 0.3) is 11.8 Å². The lowest BCUT2D eigenvalue weighted by Crippen LogP contribution is -2.59. The van der Waals surface area contributed by atoms with Crippen molar-refractivity contribution < 1.29 is 49.1 Å². The standard InChI is InChI=1S/C25H12F9I2N3O2/c26-22(24(29,30)31,23(27,28)25(32,33)34)16-7-8-19(18(35)11-16)39(36)21(41)15-5-2-6-17(10-15)38-20(40)14-4-1-3-13(9-14)12-37/h1-11H,(H,38,40). The summed E-state index contributed by atoms with van der Waals surface area (Å²) >= 11 is 2.68. The Morgan fingerprint density at radius 2 is 1.41 bits per heavy atom. The normalized spacial score (nSPS) is 13.6. The van der Waals surface area contributed by atoms with Gasteiger partial charge in [-0.3, -0.25) is 9.59 Å². The SMILES string of the molecule is N#Cc1cccc(C(=O)Nc2cccc(C(=O)N(I)c3ccc(C(F)(C(F)(F)F)C(F)(F)C(F)(F)F)cc3I)c2)c1. The maximum atomic E-state index is 14.8. The van der Waals surface area contributed by atoms with Crippen LogP contribution in [0.1, 0.15) is 31.8 Å². The van der Waals surface area contributed by atoms with Gasteiger partial charge in [0.2, 0.25) is 0 Å². The van der Waals surface area contributed by atoms with Crippen molar-refractivity contribution in [2.45, 2.75) is 23.9 Å². The van der Waals surface area contributed by atoms with Crippen LogP contribution in [0, 0.1) is 14.9 Å². The molecule has 2 amide bonds. The number of amides is 2. The predicted molar refractivity (Wildman–Crippen MR) is 145 cm³/mol. The molecule has 1 unspecified atom stereocenters. The number of halogens is 11. The predicted octanol–water partition coefficient (Wildman–Crippen LogP) is 8.34. The van der Waals surface area contributed by atoms with Gasteiger partial charge < -0.3 is 5.32 Å². The van der Waals surface area contributed by atoms with Crippen LogP contribution in [-0.2, 0) is 5.67 Å². The van der Waals surface area contributed by atoms with E-state index in [1.165, 1.54) is 94.0 Å². The third-order valence-corrected chi connectivity index (χ3v) is 7.36. The molecule has 5 nitrogen and oxygen atoms in total. The van der Waals surface area contributed by atoms with Crippen LogP contribution in [0.4, 0.5) is 50.9 Å². The van der Waals surface area contributed by atoms with Gasteiger partial charge in [0.05, 0.1) is 40.2 Å². The second-order valence-corrected chi connectivity index (χ2v) is 10.3. The minimum absolute atomic E-state index is 0.0680. The van der Waals surface area contributed by atoms with Crippen molar-refractivity contribution in [3.05, 3.63) is 92.6 Å². The summed E-state index contributed by atoms with van der Waals surface area (Å²) in [5.41, 5.74) is -7.93. The summed E-state index contributed by atoms with van der Waals surface area (Å²) in [5.74, 6) is -8.27. The van der Waals surface area contributed by atoms with Gasteiger partial charge in [-0.05, 0) is 71.1 Å². The molecule has 1 N–H and O–H groups in total. The van der Waals surface area contributed by atoms with E-state index in [4.69, 9.17) is 5.26 Å². The Balaban J connectivity index is 1.91. The molecule has 1 atom stereocenters. The molecule has 216 valence electrons. The second-order valence-electron chi connectivity index (χ2n) is 8.21. The number of benzene rings is 3. The van der Waals surface area contributed by atoms with E-state index in [-0.39, 0.29) is 40.2 Å². The molecule has 0 saturated carbocycles. The Morgan fingerprint density at radius 3 is 1.98 bits per heavy atom. The molecule has 41 heavy (non-hydrogen) atoms. The first-order valence-corrected chi connectivity index (χ1v) is 12.8. The average Bonchev–Trinajstić information content (AvgIpc) is 2.90. The quantitative estimate of drug-likeness (QED) is 0.155. The average molecular weight is 811 g/mol. The van der Waals surface area contributed by atoms with E-state index in [0.717, 1.165) is 3.11 Å². The lowest BCUT2D eigenvalue weighted by Gasteiger charge is -2.36. The van der Waals surface area contributed by atoms with E-state index >= 15 is 0 Å². The van der Waals surface area contributed by atoms with Crippen LogP contribution in [0.15, 0.2) is 66.7 Å². The van der Waals surface area contributed by atoms with E-state index in [2.05, 4.69) is 5.32 Å². The van der Waals surface area contributed by atoms with Crippen LogP contribution in [-0.4, -0.2) is 30.1 Å². The number of hydrogen-bond acceptors (Lipinski definition) is 3. The molecule has 3 aromatic carbocycles. The number of carbonyl (C=O) groups excluding carboxylic acids is 2. The van der Waals surface area contributed by atoms with Crippen LogP contribution in [0.5, 0.6) is 0 Å². The maximum absolute atomic E-state index is 14.8. The highest BCUT2D eigenvalue weighted by molar-refractivity contribution is 14.1. The summed E-state index contributed by atoms with van der Waals surface area (Å²) in [6, 6.07) is 13.8. The van der Waals surface area contributed by atoms with Crippen molar-refractivity contribution in [2.75, 3.05) is 8.43 Å². The van der Waals surface area contributed by atoms with Gasteiger partial charge in [0.15, 0.2) is 0 Å². The first kappa shape index (κ1) is 32.4. The summed E-state index contributed by atoms with van der Waals surface area (Å²) < 4.78 is 121. The Morgan fingerprint density at radius 1 is 0.805 bits per heavy atom. The lowest BCUT2D eigenvalue weighted by atomic mass is 9.87. The Bertz CT molecular complexity index is 1540. The largest absolute Gasteiger partial charge is 0.457 e. The van der Waals surface area contributed by atoms with E-state index in [1.807, 2.05) is 6.07 Å². The summed E-state index contributed by atoms with van der Waals surface area (Å²) in [6.07, 6.45) is -13.5. The number of nitriles is 1. The first-order valence-electron chi connectivity index (χ1n) is 10.8. The first-order chi connectivity index (χ1) is 18.8. The zero-order chi connectivity index (χ0) is 31.0. The summed E-state index contributed by atoms with van der Waals surface area (Å²) in [4.78, 5) is 25.6. The highest BCUT2D eigenvalue weighted by Gasteiger charge is 2.81. The molecule has 0 saturated heterocycles. The third-order valence-electron chi connectivity index (χ3n) is 5.54. The molecule has 0 heterocycles. The van der Waals surface area contributed by atoms with Gasteiger partial charge in [0.1, 0.15) is 0 Å². The van der Waals surface area contributed by atoms with Gasteiger partial charge in [-0.15, -0.1) is 0 Å². The number of hydrogen-bond donors (Lipinski definition) is 1. The number of alkyl halides is 9. The summed E-state index contributed by atoms with van der Waals surface area (Å²) in [7, 11) is 0. The minimum Gasteiger partial charge on any atom is -0.322 e. The molecule has 0 fully saturated rings. The molecule has 16 heteroatoms. The van der Waals surface area contributed by atoms with Crippen LogP contribution in [0.2, 0.25) is 0 Å². The van der Waals surface area contributed by atoms with Gasteiger partial charge in [0, 0.05) is 25.9 Å². The molecule has 0 bridgehead atoms. The van der Waals surface area contributed by atoms with E-state index < -0.39 is 44.9 Å². The van der Waals surface area contributed by atoms with Crippen molar-refractivity contribution in [1.29, 1.82) is 5.26 Å². The third kappa shape index (κ3) is 6.24. The fraction of sp³-hybridized carbons (Fsp3) is 0.160. The minimum atomic E-state index is -6.87. The van der Waals surface area contributed by atoms with Crippen LogP contribution >= 0.6 is 45.5 Å². The number of nitrogens with zero attached hydrogens (tertiary/aromatic N) is 2. The highest BCUT2D eigenvalue weighted by Crippen LogP contribution is 2.58. The molecule has 0 spiro atoms. The van der Waals surface area contributed by atoms with Crippen molar-refractivity contribution in [1.82, 2.24) is 0 Å². The smallest absolute Gasteiger partial charge is 0.322 e. The second kappa shape index (κ2) is 11.7. The summed E-state index contributed by atoms with van der Waals surface area (Å²) in [6.45, 7) is 0. The molecule has 0 aliphatic heterocycles. The van der Waals surface area contributed by atoms with Crippen molar-refractivity contribution in [3.63, 3.8) is 0 Å². The number of rotatable bonds is 6. The van der Waals surface area contributed by atoms with Gasteiger partial charge >= 0.3 is 23.9 Å². The zero-order valence-corrected chi connectivity index (χ0v) is 24.0. The molecular formula is C25H12F9I2N3O2. The van der Waals surface area contributed by atoms with E-state index in [9.17, 15) is 49.1 Å². The molecule has 0 radical (unpaired) electrons. The van der Waals surface area contributed by atoms with Crippen molar-refractivity contribution >= 4 is 68.6 Å². The Hall–Kier alpha value is -3.08. The Labute approximate surface area is 252 Å². The van der Waals surface area contributed by atoms with Crippen LogP contribution in [0.25, 0.3) is 0 Å². The van der Waals surface area contributed by atoms with E-state index in [1.54, 1.807) is 0 Å². The monoisotopic (exact) mass is 811 g/mol. The number of carbonyl (C=O) groups is 2. The van der Waals surface area contributed by atoms with E-state index in [0.29, 0.717) is 6.07 Å². The molecule has 3 rings (SSSR count). The molecule has 0 aliphatic rings. The van der Waals surface area contributed by atoms with Gasteiger partial charge in [-0.25, -0.2) is 7.50 Å². The molecule has 0 aromatic heterocycles. The van der Waals surface area contributed by atoms with Gasteiger partial charge in [-0.2, -0.15) is 40.4 Å². The molecule has 0 aliphatic carbocycles. The van der Waals surface area contributed by atoms with Gasteiger partial charge in [-0.1, -0.05) is 18.2 Å². The lowest BCUT2D eigenvalue weighted by molar-refractivity contribution is -0.389. The maximum Gasteiger partial charge on any atom is 0.457 e. The molecule has 3 aromatic rings.